The molecule has 1 unspecified atom stereocenters. The molecule has 3 nitrogen and oxygen atoms in total. The zero-order valence-electron chi connectivity index (χ0n) is 11.2. The van der Waals surface area contributed by atoms with Crippen LogP contribution in [-0.2, 0) is 4.74 Å². The van der Waals surface area contributed by atoms with Gasteiger partial charge in [-0.15, -0.1) is 0 Å². The van der Waals surface area contributed by atoms with Gasteiger partial charge in [0.15, 0.2) is 0 Å². The van der Waals surface area contributed by atoms with Gasteiger partial charge in [-0.1, -0.05) is 19.1 Å². The largest absolute Gasteiger partial charge is 0.497 e. The van der Waals surface area contributed by atoms with E-state index in [0.29, 0.717) is 6.54 Å². The fourth-order valence-electron chi connectivity index (χ4n) is 1.54. The Balaban J connectivity index is 2.79. The molecule has 1 rings (SSSR count). The van der Waals surface area contributed by atoms with Crippen molar-refractivity contribution in [3.63, 3.8) is 0 Å². The van der Waals surface area contributed by atoms with Crippen molar-refractivity contribution in [3.8, 4) is 5.75 Å². The lowest BCUT2D eigenvalue weighted by Crippen LogP contribution is -2.29. The summed E-state index contributed by atoms with van der Waals surface area (Å²) >= 11 is 0. The van der Waals surface area contributed by atoms with E-state index >= 15 is 0 Å². The summed E-state index contributed by atoms with van der Waals surface area (Å²) in [5.41, 5.74) is 6.72. The fraction of sp³-hybridized carbons (Fsp3) is 0.571. The number of hydrogen-bond acceptors (Lipinski definition) is 3. The quantitative estimate of drug-likeness (QED) is 0.827. The fourth-order valence-corrected chi connectivity index (χ4v) is 1.54. The number of methoxy groups -OCH3 is 1. The molecular weight excluding hydrogens is 214 g/mol. The molecule has 0 spiro atoms. The molecule has 0 aliphatic carbocycles. The van der Waals surface area contributed by atoms with Crippen molar-refractivity contribution in [1.82, 2.24) is 0 Å². The first kappa shape index (κ1) is 14.0. The van der Waals surface area contributed by atoms with E-state index in [-0.39, 0.29) is 11.7 Å². The number of hydrogen-bond donors (Lipinski definition) is 1. The lowest BCUT2D eigenvalue weighted by Gasteiger charge is -2.29. The van der Waals surface area contributed by atoms with Crippen molar-refractivity contribution >= 4 is 0 Å². The van der Waals surface area contributed by atoms with E-state index in [1.165, 1.54) is 0 Å². The molecule has 0 aromatic heterocycles. The monoisotopic (exact) mass is 237 g/mol. The van der Waals surface area contributed by atoms with Crippen LogP contribution in [0.2, 0.25) is 0 Å². The number of rotatable bonds is 6. The molecule has 0 fully saturated rings. The van der Waals surface area contributed by atoms with Crippen LogP contribution < -0.4 is 10.5 Å². The average molecular weight is 237 g/mol. The van der Waals surface area contributed by atoms with E-state index < -0.39 is 0 Å². The maximum Gasteiger partial charge on any atom is 0.118 e. The first-order valence-corrected chi connectivity index (χ1v) is 6.04. The predicted octanol–water partition coefficient (Wildman–Crippen LogP) is 2.90. The molecule has 0 saturated carbocycles. The van der Waals surface area contributed by atoms with Gasteiger partial charge in [-0.2, -0.15) is 0 Å². The summed E-state index contributed by atoms with van der Waals surface area (Å²) in [6, 6.07) is 7.87. The third-order valence-electron chi connectivity index (χ3n) is 3.01. The second-order valence-electron chi connectivity index (χ2n) is 4.73. The van der Waals surface area contributed by atoms with Crippen LogP contribution in [0, 0.1) is 0 Å². The molecule has 0 heterocycles. The summed E-state index contributed by atoms with van der Waals surface area (Å²) < 4.78 is 11.2. The van der Waals surface area contributed by atoms with Gasteiger partial charge in [-0.05, 0) is 38.0 Å². The van der Waals surface area contributed by atoms with Crippen LogP contribution >= 0.6 is 0 Å². The smallest absolute Gasteiger partial charge is 0.118 e. The molecular formula is C14H23NO2. The van der Waals surface area contributed by atoms with E-state index in [2.05, 4.69) is 20.8 Å². The molecule has 0 radical (unpaired) electrons. The average Bonchev–Trinajstić information content (AvgIpc) is 2.36. The lowest BCUT2D eigenvalue weighted by molar-refractivity contribution is -0.0713. The van der Waals surface area contributed by atoms with Gasteiger partial charge in [0.1, 0.15) is 5.75 Å². The van der Waals surface area contributed by atoms with Crippen LogP contribution in [0.4, 0.5) is 0 Å². The Labute approximate surface area is 104 Å². The highest BCUT2D eigenvalue weighted by Crippen LogP contribution is 2.26. The van der Waals surface area contributed by atoms with Gasteiger partial charge in [0.2, 0.25) is 0 Å². The summed E-state index contributed by atoms with van der Waals surface area (Å²) in [7, 11) is 1.66. The molecule has 1 atom stereocenters. The van der Waals surface area contributed by atoms with Gasteiger partial charge in [0, 0.05) is 6.54 Å². The Morgan fingerprint density at radius 1 is 1.24 bits per heavy atom. The highest BCUT2D eigenvalue weighted by atomic mass is 16.5. The highest BCUT2D eigenvalue weighted by molar-refractivity contribution is 5.28. The zero-order chi connectivity index (χ0) is 12.9. The maximum atomic E-state index is 6.03. The van der Waals surface area contributed by atoms with E-state index in [0.717, 1.165) is 17.7 Å². The van der Waals surface area contributed by atoms with E-state index in [4.69, 9.17) is 15.2 Å². The molecule has 1 aromatic carbocycles. The van der Waals surface area contributed by atoms with Crippen LogP contribution in [-0.4, -0.2) is 19.3 Å². The number of ether oxygens (including phenoxy) is 2. The lowest BCUT2D eigenvalue weighted by atomic mass is 10.0. The van der Waals surface area contributed by atoms with Crippen molar-refractivity contribution in [2.45, 2.75) is 38.9 Å². The molecule has 96 valence electrons. The molecule has 0 amide bonds. The minimum absolute atomic E-state index is 0.0594. The van der Waals surface area contributed by atoms with Crippen LogP contribution in [0.5, 0.6) is 5.75 Å². The molecule has 17 heavy (non-hydrogen) atoms. The SMILES string of the molecule is CCC(C)(C)OC(CN)c1ccc(OC)cc1. The third-order valence-corrected chi connectivity index (χ3v) is 3.01. The first-order chi connectivity index (χ1) is 8.02. The number of nitrogens with two attached hydrogens (primary N) is 1. The van der Waals surface area contributed by atoms with Gasteiger partial charge in [-0.3, -0.25) is 0 Å². The Morgan fingerprint density at radius 2 is 1.82 bits per heavy atom. The van der Waals surface area contributed by atoms with Crippen molar-refractivity contribution in [2.75, 3.05) is 13.7 Å². The summed E-state index contributed by atoms with van der Waals surface area (Å²) in [6.45, 7) is 6.76. The van der Waals surface area contributed by atoms with Gasteiger partial charge < -0.3 is 15.2 Å². The Hall–Kier alpha value is -1.06. The van der Waals surface area contributed by atoms with Crippen LogP contribution in [0.15, 0.2) is 24.3 Å². The summed E-state index contributed by atoms with van der Waals surface area (Å²) in [5, 5.41) is 0. The molecule has 3 heteroatoms. The molecule has 0 aliphatic rings. The third kappa shape index (κ3) is 4.02. The van der Waals surface area contributed by atoms with Crippen molar-refractivity contribution in [2.24, 2.45) is 5.73 Å². The van der Waals surface area contributed by atoms with Crippen molar-refractivity contribution in [3.05, 3.63) is 29.8 Å². The Morgan fingerprint density at radius 3 is 2.24 bits per heavy atom. The van der Waals surface area contributed by atoms with Gasteiger partial charge in [0.25, 0.3) is 0 Å². The van der Waals surface area contributed by atoms with Crippen LogP contribution in [0.25, 0.3) is 0 Å². The zero-order valence-corrected chi connectivity index (χ0v) is 11.2. The van der Waals surface area contributed by atoms with Crippen LogP contribution in [0.3, 0.4) is 0 Å². The van der Waals surface area contributed by atoms with Gasteiger partial charge >= 0.3 is 0 Å². The van der Waals surface area contributed by atoms with Crippen LogP contribution in [0.1, 0.15) is 38.9 Å². The Kier molecular flexibility index (Phi) is 4.97. The topological polar surface area (TPSA) is 44.5 Å². The van der Waals surface area contributed by atoms with Gasteiger partial charge in [-0.25, -0.2) is 0 Å². The van der Waals surface area contributed by atoms with Crippen molar-refractivity contribution < 1.29 is 9.47 Å². The standard InChI is InChI=1S/C14H23NO2/c1-5-14(2,3)17-13(10-15)11-6-8-12(16-4)9-7-11/h6-9,13H,5,10,15H2,1-4H3. The predicted molar refractivity (Wildman–Crippen MR) is 70.2 cm³/mol. The molecule has 0 saturated heterocycles. The van der Waals surface area contributed by atoms with Gasteiger partial charge in [0.05, 0.1) is 18.8 Å². The normalized spacial score (nSPS) is 13.5. The molecule has 2 N–H and O–H groups in total. The van der Waals surface area contributed by atoms with E-state index in [9.17, 15) is 0 Å². The van der Waals surface area contributed by atoms with E-state index in [1.807, 2.05) is 24.3 Å². The first-order valence-electron chi connectivity index (χ1n) is 6.04. The minimum Gasteiger partial charge on any atom is -0.497 e. The minimum atomic E-state index is -0.149. The second-order valence-corrected chi connectivity index (χ2v) is 4.73. The Bertz CT molecular complexity index is 333. The van der Waals surface area contributed by atoms with E-state index in [1.54, 1.807) is 7.11 Å². The molecule has 0 aliphatic heterocycles. The highest BCUT2D eigenvalue weighted by Gasteiger charge is 2.22. The van der Waals surface area contributed by atoms with Crippen molar-refractivity contribution in [1.29, 1.82) is 0 Å². The molecule has 0 bridgehead atoms. The number of benzene rings is 1. The summed E-state index contributed by atoms with van der Waals surface area (Å²) in [4.78, 5) is 0. The summed E-state index contributed by atoms with van der Waals surface area (Å²) in [5.74, 6) is 0.847. The second kappa shape index (κ2) is 6.03. The maximum absolute atomic E-state index is 6.03. The summed E-state index contributed by atoms with van der Waals surface area (Å²) in [6.07, 6.45) is 0.899. The molecule has 1 aromatic rings.